The smallest absolute Gasteiger partial charge is 0.259 e. The molecule has 0 saturated heterocycles. The molecule has 0 aromatic heterocycles. The van der Waals surface area contributed by atoms with Crippen molar-refractivity contribution in [3.63, 3.8) is 0 Å². The molecule has 0 fully saturated rings. The summed E-state index contributed by atoms with van der Waals surface area (Å²) in [5.74, 6) is 0.495. The number of ether oxygens (including phenoxy) is 2. The van der Waals surface area contributed by atoms with Crippen LogP contribution < -0.4 is 20.5 Å². The van der Waals surface area contributed by atoms with Crippen molar-refractivity contribution in [2.24, 2.45) is 0 Å². The molecule has 0 bridgehead atoms. The van der Waals surface area contributed by atoms with Gasteiger partial charge in [0.1, 0.15) is 0 Å². The Morgan fingerprint density at radius 1 is 1.19 bits per heavy atom. The van der Waals surface area contributed by atoms with E-state index in [1.54, 1.807) is 36.4 Å². The number of hydrogen-bond acceptors (Lipinski definition) is 4. The van der Waals surface area contributed by atoms with Crippen LogP contribution in [0.5, 0.6) is 11.5 Å². The summed E-state index contributed by atoms with van der Waals surface area (Å²) < 4.78 is 10.4. The number of halogens is 1. The van der Waals surface area contributed by atoms with Crippen LogP contribution in [0.25, 0.3) is 0 Å². The van der Waals surface area contributed by atoms with Crippen LogP contribution in [0.15, 0.2) is 36.4 Å². The normalized spacial score (nSPS) is 10.0. The molecule has 1 amide bonds. The first kappa shape index (κ1) is 15.0. The number of para-hydroxylation sites is 1. The van der Waals surface area contributed by atoms with Crippen LogP contribution in [-0.4, -0.2) is 20.1 Å². The molecule has 0 saturated carbocycles. The lowest BCUT2D eigenvalue weighted by Crippen LogP contribution is -2.14. The highest BCUT2D eigenvalue weighted by Crippen LogP contribution is 2.32. The van der Waals surface area contributed by atoms with Gasteiger partial charge in [-0.15, -0.1) is 0 Å². The standard InChI is InChI=1S/C15H15ClN2O3/c1-20-13-5-3-4-10(14(13)21-2)15(19)18-12-7-6-9(17)8-11(12)16/h3-8H,17H2,1-2H3,(H,18,19). The second-order valence-electron chi connectivity index (χ2n) is 4.23. The average molecular weight is 307 g/mol. The molecule has 5 nitrogen and oxygen atoms in total. The number of hydrogen-bond donors (Lipinski definition) is 2. The van der Waals surface area contributed by atoms with Crippen LogP contribution in [0.2, 0.25) is 5.02 Å². The van der Waals surface area contributed by atoms with E-state index in [2.05, 4.69) is 5.32 Å². The van der Waals surface area contributed by atoms with Gasteiger partial charge in [-0.2, -0.15) is 0 Å². The zero-order valence-electron chi connectivity index (χ0n) is 11.6. The third kappa shape index (κ3) is 3.20. The number of nitrogen functional groups attached to an aromatic ring is 1. The lowest BCUT2D eigenvalue weighted by atomic mass is 10.1. The molecule has 2 rings (SSSR count). The first-order chi connectivity index (χ1) is 10.1. The minimum Gasteiger partial charge on any atom is -0.493 e. The molecule has 2 aromatic carbocycles. The summed E-state index contributed by atoms with van der Waals surface area (Å²) >= 11 is 6.04. The van der Waals surface area contributed by atoms with Crippen LogP contribution in [0.1, 0.15) is 10.4 Å². The zero-order valence-corrected chi connectivity index (χ0v) is 12.4. The molecule has 3 N–H and O–H groups in total. The topological polar surface area (TPSA) is 73.6 Å². The first-order valence-electron chi connectivity index (χ1n) is 6.14. The fraction of sp³-hybridized carbons (Fsp3) is 0.133. The highest BCUT2D eigenvalue weighted by molar-refractivity contribution is 6.34. The summed E-state index contributed by atoms with van der Waals surface area (Å²) in [5, 5.41) is 3.08. The fourth-order valence-electron chi connectivity index (χ4n) is 1.89. The molecule has 21 heavy (non-hydrogen) atoms. The van der Waals surface area contributed by atoms with E-state index in [-0.39, 0.29) is 5.91 Å². The molecule has 0 aliphatic rings. The van der Waals surface area contributed by atoms with Gasteiger partial charge < -0.3 is 20.5 Å². The van der Waals surface area contributed by atoms with E-state index in [0.717, 1.165) is 0 Å². The van der Waals surface area contributed by atoms with E-state index < -0.39 is 0 Å². The number of benzene rings is 2. The van der Waals surface area contributed by atoms with Crippen molar-refractivity contribution >= 4 is 28.9 Å². The number of methoxy groups -OCH3 is 2. The Morgan fingerprint density at radius 2 is 1.95 bits per heavy atom. The molecular weight excluding hydrogens is 292 g/mol. The predicted octanol–water partition coefficient (Wildman–Crippen LogP) is 3.19. The maximum Gasteiger partial charge on any atom is 0.259 e. The molecule has 0 aliphatic heterocycles. The molecule has 0 atom stereocenters. The maximum absolute atomic E-state index is 12.4. The SMILES string of the molecule is COc1cccc(C(=O)Nc2ccc(N)cc2Cl)c1OC. The van der Waals surface area contributed by atoms with E-state index in [4.69, 9.17) is 26.8 Å². The lowest BCUT2D eigenvalue weighted by Gasteiger charge is -2.13. The molecule has 0 heterocycles. The third-order valence-electron chi connectivity index (χ3n) is 2.89. The summed E-state index contributed by atoms with van der Waals surface area (Å²) in [4.78, 5) is 12.4. The van der Waals surface area contributed by atoms with Crippen LogP contribution in [-0.2, 0) is 0 Å². The molecule has 0 spiro atoms. The lowest BCUT2D eigenvalue weighted by molar-refractivity contribution is 0.102. The number of rotatable bonds is 4. The van der Waals surface area contributed by atoms with E-state index in [9.17, 15) is 4.79 Å². The second-order valence-corrected chi connectivity index (χ2v) is 4.64. The largest absolute Gasteiger partial charge is 0.493 e. The minimum absolute atomic E-state index is 0.350. The van der Waals surface area contributed by atoms with E-state index in [0.29, 0.717) is 33.5 Å². The molecular formula is C15H15ClN2O3. The van der Waals surface area contributed by atoms with Crippen molar-refractivity contribution in [3.05, 3.63) is 47.0 Å². The van der Waals surface area contributed by atoms with Gasteiger partial charge in [0, 0.05) is 5.69 Å². The van der Waals surface area contributed by atoms with Crippen molar-refractivity contribution < 1.29 is 14.3 Å². The number of nitrogens with one attached hydrogen (secondary N) is 1. The van der Waals surface area contributed by atoms with E-state index >= 15 is 0 Å². The Hall–Kier alpha value is -2.40. The van der Waals surface area contributed by atoms with E-state index in [1.807, 2.05) is 0 Å². The number of carbonyl (C=O) groups is 1. The van der Waals surface area contributed by atoms with Crippen LogP contribution in [0, 0.1) is 0 Å². The molecule has 0 unspecified atom stereocenters. The number of nitrogens with two attached hydrogens (primary N) is 1. The summed E-state index contributed by atoms with van der Waals surface area (Å²) in [5.41, 5.74) is 6.97. The van der Waals surface area contributed by atoms with Crippen molar-refractivity contribution in [1.82, 2.24) is 0 Å². The quantitative estimate of drug-likeness (QED) is 0.851. The summed E-state index contributed by atoms with van der Waals surface area (Å²) in [6.07, 6.45) is 0. The third-order valence-corrected chi connectivity index (χ3v) is 3.20. The van der Waals surface area contributed by atoms with E-state index in [1.165, 1.54) is 14.2 Å². The minimum atomic E-state index is -0.350. The molecule has 0 radical (unpaired) electrons. The van der Waals surface area contributed by atoms with Gasteiger partial charge in [-0.05, 0) is 30.3 Å². The van der Waals surface area contributed by atoms with Crippen LogP contribution in [0.4, 0.5) is 11.4 Å². The number of amides is 1. The van der Waals surface area contributed by atoms with Gasteiger partial charge in [-0.3, -0.25) is 4.79 Å². The van der Waals surface area contributed by atoms with Gasteiger partial charge in [0.25, 0.3) is 5.91 Å². The Labute approximate surface area is 127 Å². The maximum atomic E-state index is 12.4. The zero-order chi connectivity index (χ0) is 15.4. The summed E-state index contributed by atoms with van der Waals surface area (Å²) in [6.45, 7) is 0. The molecule has 110 valence electrons. The van der Waals surface area contributed by atoms with Gasteiger partial charge in [0.05, 0.1) is 30.5 Å². The monoisotopic (exact) mass is 306 g/mol. The Morgan fingerprint density at radius 3 is 2.57 bits per heavy atom. The van der Waals surface area contributed by atoms with Crippen molar-refractivity contribution in [3.8, 4) is 11.5 Å². The number of carbonyl (C=O) groups excluding carboxylic acids is 1. The molecule has 6 heteroatoms. The average Bonchev–Trinajstić information content (AvgIpc) is 2.49. The number of anilines is 2. The predicted molar refractivity (Wildman–Crippen MR) is 83.4 cm³/mol. The van der Waals surface area contributed by atoms with Gasteiger partial charge in [0.2, 0.25) is 0 Å². The van der Waals surface area contributed by atoms with Crippen molar-refractivity contribution in [2.75, 3.05) is 25.3 Å². The van der Waals surface area contributed by atoms with Gasteiger partial charge in [0.15, 0.2) is 11.5 Å². The Bertz CT molecular complexity index is 674. The second kappa shape index (κ2) is 6.37. The Kier molecular flexibility index (Phi) is 4.55. The van der Waals surface area contributed by atoms with Crippen molar-refractivity contribution in [2.45, 2.75) is 0 Å². The van der Waals surface area contributed by atoms with Gasteiger partial charge in [-0.25, -0.2) is 0 Å². The summed E-state index contributed by atoms with van der Waals surface area (Å²) in [6, 6.07) is 9.93. The molecule has 2 aromatic rings. The Balaban J connectivity index is 2.32. The highest BCUT2D eigenvalue weighted by Gasteiger charge is 2.17. The van der Waals surface area contributed by atoms with Crippen LogP contribution >= 0.6 is 11.6 Å². The van der Waals surface area contributed by atoms with Gasteiger partial charge in [-0.1, -0.05) is 17.7 Å². The molecule has 0 aliphatic carbocycles. The fourth-order valence-corrected chi connectivity index (χ4v) is 2.12. The van der Waals surface area contributed by atoms with Crippen LogP contribution in [0.3, 0.4) is 0 Å². The van der Waals surface area contributed by atoms with Gasteiger partial charge >= 0.3 is 0 Å². The van der Waals surface area contributed by atoms with Crippen molar-refractivity contribution in [1.29, 1.82) is 0 Å². The highest BCUT2D eigenvalue weighted by atomic mass is 35.5. The first-order valence-corrected chi connectivity index (χ1v) is 6.52. The summed E-state index contributed by atoms with van der Waals surface area (Å²) in [7, 11) is 2.99.